The lowest BCUT2D eigenvalue weighted by molar-refractivity contribution is -0.139. The largest absolute Gasteiger partial charge is 0.356 e. The Hall–Kier alpha value is -1.06. The van der Waals surface area contributed by atoms with E-state index < -0.39 is 0 Å². The first-order valence-electron chi connectivity index (χ1n) is 8.76. The molecular formula is C17H30N2O2. The van der Waals surface area contributed by atoms with Crippen LogP contribution < -0.4 is 5.32 Å². The Balaban J connectivity index is 1.80. The summed E-state index contributed by atoms with van der Waals surface area (Å²) in [5.74, 6) is 1.05. The number of carbonyl (C=O) groups excluding carboxylic acids is 2. The molecule has 0 unspecified atom stereocenters. The third kappa shape index (κ3) is 5.01. The molecule has 0 aromatic heterocycles. The molecule has 0 bridgehead atoms. The quantitative estimate of drug-likeness (QED) is 0.766. The smallest absolute Gasteiger partial charge is 0.224 e. The van der Waals surface area contributed by atoms with Crippen LogP contribution in [0.2, 0.25) is 0 Å². The van der Waals surface area contributed by atoms with Gasteiger partial charge in [-0.1, -0.05) is 32.6 Å². The number of unbranched alkanes of at least 4 members (excludes halogenated alkanes) is 1. The Kier molecular flexibility index (Phi) is 6.52. The standard InChI is InChI=1S/C17H30N2O2/c1-2-3-11-18-17(21)15-9-10-16(20)19(13-15)12-14-7-5-4-6-8-14/h14-15H,2-13H2,1H3,(H,18,21)/t15-/m0/s1. The summed E-state index contributed by atoms with van der Waals surface area (Å²) in [6.45, 7) is 4.39. The molecule has 1 aliphatic heterocycles. The van der Waals surface area contributed by atoms with Crippen LogP contribution in [0.3, 0.4) is 0 Å². The summed E-state index contributed by atoms with van der Waals surface area (Å²) >= 11 is 0. The molecule has 0 spiro atoms. The minimum atomic E-state index is 0.00291. The number of carbonyl (C=O) groups is 2. The summed E-state index contributed by atoms with van der Waals surface area (Å²) in [4.78, 5) is 26.2. The number of nitrogens with zero attached hydrogens (tertiary/aromatic N) is 1. The van der Waals surface area contributed by atoms with E-state index in [9.17, 15) is 9.59 Å². The monoisotopic (exact) mass is 294 g/mol. The van der Waals surface area contributed by atoms with Crippen LogP contribution in [-0.2, 0) is 9.59 Å². The summed E-state index contributed by atoms with van der Waals surface area (Å²) in [7, 11) is 0. The Labute approximate surface area is 128 Å². The van der Waals surface area contributed by atoms with Crippen LogP contribution in [-0.4, -0.2) is 36.3 Å². The predicted octanol–water partition coefficient (Wildman–Crippen LogP) is 2.72. The number of piperidine rings is 1. The van der Waals surface area contributed by atoms with Crippen molar-refractivity contribution >= 4 is 11.8 Å². The maximum absolute atomic E-state index is 12.2. The van der Waals surface area contributed by atoms with Gasteiger partial charge in [0.1, 0.15) is 0 Å². The first kappa shape index (κ1) is 16.3. The van der Waals surface area contributed by atoms with Gasteiger partial charge in [-0.25, -0.2) is 0 Å². The molecule has 1 aliphatic carbocycles. The second kappa shape index (κ2) is 8.40. The number of hydrogen-bond donors (Lipinski definition) is 1. The van der Waals surface area contributed by atoms with Gasteiger partial charge < -0.3 is 10.2 Å². The van der Waals surface area contributed by atoms with Gasteiger partial charge in [0.15, 0.2) is 0 Å². The molecule has 0 radical (unpaired) electrons. The SMILES string of the molecule is CCCCNC(=O)[C@H]1CCC(=O)N(CC2CCCCC2)C1. The third-order valence-corrected chi connectivity index (χ3v) is 4.90. The molecule has 2 aliphatic rings. The van der Waals surface area contributed by atoms with E-state index in [0.717, 1.165) is 32.4 Å². The van der Waals surface area contributed by atoms with Crippen LogP contribution in [0, 0.1) is 11.8 Å². The van der Waals surface area contributed by atoms with E-state index >= 15 is 0 Å². The molecule has 120 valence electrons. The van der Waals surface area contributed by atoms with E-state index in [4.69, 9.17) is 0 Å². The lowest BCUT2D eigenvalue weighted by Gasteiger charge is -2.35. The van der Waals surface area contributed by atoms with Crippen LogP contribution in [0.4, 0.5) is 0 Å². The van der Waals surface area contributed by atoms with Crippen LogP contribution in [0.15, 0.2) is 0 Å². The highest BCUT2D eigenvalue weighted by Gasteiger charge is 2.31. The lowest BCUT2D eigenvalue weighted by atomic mass is 9.87. The predicted molar refractivity (Wildman–Crippen MR) is 83.8 cm³/mol. The number of hydrogen-bond acceptors (Lipinski definition) is 2. The highest BCUT2D eigenvalue weighted by atomic mass is 16.2. The van der Waals surface area contributed by atoms with Crippen LogP contribution in [0.1, 0.15) is 64.7 Å². The van der Waals surface area contributed by atoms with Gasteiger partial charge in [-0.15, -0.1) is 0 Å². The molecule has 1 heterocycles. The topological polar surface area (TPSA) is 49.4 Å². The first-order chi connectivity index (χ1) is 10.2. The van der Waals surface area contributed by atoms with Gasteiger partial charge in [0.05, 0.1) is 5.92 Å². The average Bonchev–Trinajstić information content (AvgIpc) is 2.50. The molecule has 1 atom stereocenters. The second-order valence-corrected chi connectivity index (χ2v) is 6.68. The maximum atomic E-state index is 12.2. The Bertz CT molecular complexity index is 351. The molecule has 0 aromatic rings. The Morgan fingerprint density at radius 2 is 2.00 bits per heavy atom. The molecule has 1 saturated carbocycles. The summed E-state index contributed by atoms with van der Waals surface area (Å²) in [5, 5.41) is 3.02. The van der Waals surface area contributed by atoms with E-state index in [0.29, 0.717) is 18.9 Å². The van der Waals surface area contributed by atoms with E-state index in [-0.39, 0.29) is 17.7 Å². The van der Waals surface area contributed by atoms with Crippen molar-refractivity contribution in [3.05, 3.63) is 0 Å². The van der Waals surface area contributed by atoms with E-state index in [2.05, 4.69) is 12.2 Å². The molecule has 21 heavy (non-hydrogen) atoms. The van der Waals surface area contributed by atoms with E-state index in [1.165, 1.54) is 32.1 Å². The van der Waals surface area contributed by atoms with Crippen molar-refractivity contribution in [1.82, 2.24) is 10.2 Å². The molecule has 2 fully saturated rings. The normalized spacial score (nSPS) is 24.1. The van der Waals surface area contributed by atoms with Gasteiger partial charge in [0.25, 0.3) is 0 Å². The van der Waals surface area contributed by atoms with Crippen LogP contribution >= 0.6 is 0 Å². The summed E-state index contributed by atoms with van der Waals surface area (Å²) < 4.78 is 0. The van der Waals surface area contributed by atoms with Crippen molar-refractivity contribution in [3.63, 3.8) is 0 Å². The van der Waals surface area contributed by atoms with Crippen LogP contribution in [0.25, 0.3) is 0 Å². The molecule has 1 saturated heterocycles. The average molecular weight is 294 g/mol. The van der Waals surface area contributed by atoms with Gasteiger partial charge in [0, 0.05) is 26.1 Å². The van der Waals surface area contributed by atoms with Crippen molar-refractivity contribution in [2.24, 2.45) is 11.8 Å². The molecule has 1 N–H and O–H groups in total. The first-order valence-corrected chi connectivity index (χ1v) is 8.76. The fraction of sp³-hybridized carbons (Fsp3) is 0.882. The number of amides is 2. The van der Waals surface area contributed by atoms with Gasteiger partial charge in [-0.3, -0.25) is 9.59 Å². The van der Waals surface area contributed by atoms with Gasteiger partial charge >= 0.3 is 0 Å². The fourth-order valence-electron chi connectivity index (χ4n) is 3.52. The van der Waals surface area contributed by atoms with Crippen LogP contribution in [0.5, 0.6) is 0 Å². The van der Waals surface area contributed by atoms with Crippen molar-refractivity contribution in [2.45, 2.75) is 64.7 Å². The highest BCUT2D eigenvalue weighted by molar-refractivity contribution is 5.83. The summed E-state index contributed by atoms with van der Waals surface area (Å²) in [5.41, 5.74) is 0. The number of nitrogens with one attached hydrogen (secondary N) is 1. The Morgan fingerprint density at radius 3 is 2.71 bits per heavy atom. The van der Waals surface area contributed by atoms with Crippen molar-refractivity contribution in [3.8, 4) is 0 Å². The fourth-order valence-corrected chi connectivity index (χ4v) is 3.52. The summed E-state index contributed by atoms with van der Waals surface area (Å²) in [6, 6.07) is 0. The number of likely N-dealkylation sites (tertiary alicyclic amines) is 1. The van der Waals surface area contributed by atoms with E-state index in [1.54, 1.807) is 0 Å². The zero-order valence-corrected chi connectivity index (χ0v) is 13.4. The minimum Gasteiger partial charge on any atom is -0.356 e. The van der Waals surface area contributed by atoms with Gasteiger partial charge in [-0.05, 0) is 31.6 Å². The third-order valence-electron chi connectivity index (χ3n) is 4.90. The van der Waals surface area contributed by atoms with Crippen molar-refractivity contribution < 1.29 is 9.59 Å². The second-order valence-electron chi connectivity index (χ2n) is 6.68. The molecular weight excluding hydrogens is 264 g/mol. The molecule has 4 heteroatoms. The van der Waals surface area contributed by atoms with Gasteiger partial charge in [-0.2, -0.15) is 0 Å². The zero-order chi connectivity index (χ0) is 15.1. The molecule has 4 nitrogen and oxygen atoms in total. The molecule has 0 aromatic carbocycles. The highest BCUT2D eigenvalue weighted by Crippen LogP contribution is 2.27. The molecule has 2 amide bonds. The van der Waals surface area contributed by atoms with E-state index in [1.807, 2.05) is 4.90 Å². The lowest BCUT2D eigenvalue weighted by Crippen LogP contribution is -2.47. The maximum Gasteiger partial charge on any atom is 0.224 e. The zero-order valence-electron chi connectivity index (χ0n) is 13.4. The molecule has 2 rings (SSSR count). The van der Waals surface area contributed by atoms with Crippen molar-refractivity contribution in [1.29, 1.82) is 0 Å². The number of rotatable bonds is 6. The minimum absolute atomic E-state index is 0.00291. The Morgan fingerprint density at radius 1 is 1.24 bits per heavy atom. The summed E-state index contributed by atoms with van der Waals surface area (Å²) in [6.07, 6.45) is 9.82. The van der Waals surface area contributed by atoms with Crippen molar-refractivity contribution in [2.75, 3.05) is 19.6 Å². The van der Waals surface area contributed by atoms with Gasteiger partial charge in [0.2, 0.25) is 11.8 Å².